The van der Waals surface area contributed by atoms with Gasteiger partial charge in [0, 0.05) is 0 Å². The van der Waals surface area contributed by atoms with Gasteiger partial charge in [-0.15, -0.1) is 0 Å². The van der Waals surface area contributed by atoms with E-state index in [0.717, 1.165) is 17.8 Å². The Morgan fingerprint density at radius 3 is 2.06 bits per heavy atom. The van der Waals surface area contributed by atoms with E-state index in [2.05, 4.69) is 34.6 Å². The smallest absolute Gasteiger partial charge is 0.0321 e. The highest BCUT2D eigenvalue weighted by Crippen LogP contribution is 2.54. The van der Waals surface area contributed by atoms with E-state index < -0.39 is 0 Å². The van der Waals surface area contributed by atoms with E-state index in [1.807, 2.05) is 13.8 Å². The molecule has 0 amide bonds. The van der Waals surface area contributed by atoms with Crippen LogP contribution in [0.3, 0.4) is 0 Å². The Kier molecular flexibility index (Phi) is 5.32. The van der Waals surface area contributed by atoms with E-state index >= 15 is 0 Å². The van der Waals surface area contributed by atoms with Crippen LogP contribution >= 0.6 is 0 Å². The lowest BCUT2D eigenvalue weighted by molar-refractivity contribution is 0.0378. The van der Waals surface area contributed by atoms with Crippen molar-refractivity contribution in [2.75, 3.05) is 0 Å². The average molecular weight is 252 g/mol. The first kappa shape index (κ1) is 16.1. The van der Waals surface area contributed by atoms with E-state index in [-0.39, 0.29) is 0 Å². The predicted octanol–water partition coefficient (Wildman–Crippen LogP) is 6.30. The van der Waals surface area contributed by atoms with Gasteiger partial charge in [0.25, 0.3) is 0 Å². The fourth-order valence-electron chi connectivity index (χ4n) is 4.72. The molecule has 0 aromatic carbocycles. The molecule has 0 radical (unpaired) electrons. The van der Waals surface area contributed by atoms with Crippen LogP contribution in [0.4, 0.5) is 0 Å². The first-order chi connectivity index (χ1) is 8.30. The third-order valence-corrected chi connectivity index (χ3v) is 5.42. The molecule has 2 fully saturated rings. The molecule has 0 aromatic heterocycles. The third kappa shape index (κ3) is 3.75. The monoisotopic (exact) mass is 252 g/mol. The van der Waals surface area contributed by atoms with Crippen LogP contribution < -0.4 is 0 Å². The van der Waals surface area contributed by atoms with Crippen molar-refractivity contribution in [1.82, 2.24) is 0 Å². The standard InChI is InChI=1S/C16H30.C2H6/c1-12-6-7-13-11-15(2,3)9-8-14(13)16(4,5)10-12;1-2/h12-14H,6-11H2,1-5H3;1-2H3. The summed E-state index contributed by atoms with van der Waals surface area (Å²) in [7, 11) is 0. The van der Waals surface area contributed by atoms with Gasteiger partial charge < -0.3 is 0 Å². The summed E-state index contributed by atoms with van der Waals surface area (Å²) in [6.45, 7) is 16.5. The minimum Gasteiger partial charge on any atom is -0.0683 e. The molecule has 0 aliphatic heterocycles. The lowest BCUT2D eigenvalue weighted by Crippen LogP contribution is -2.37. The largest absolute Gasteiger partial charge is 0.0683 e. The molecule has 0 heterocycles. The molecule has 0 aromatic rings. The van der Waals surface area contributed by atoms with Crippen LogP contribution in [0.1, 0.15) is 87.0 Å². The van der Waals surface area contributed by atoms with Gasteiger partial charge in [0.2, 0.25) is 0 Å². The molecule has 18 heavy (non-hydrogen) atoms. The maximum absolute atomic E-state index is 2.53. The van der Waals surface area contributed by atoms with Crippen molar-refractivity contribution in [1.29, 1.82) is 0 Å². The highest BCUT2D eigenvalue weighted by atomic mass is 14.5. The molecule has 0 N–H and O–H groups in total. The van der Waals surface area contributed by atoms with Gasteiger partial charge in [0.15, 0.2) is 0 Å². The second-order valence-corrected chi connectivity index (χ2v) is 8.15. The van der Waals surface area contributed by atoms with Crippen molar-refractivity contribution in [2.24, 2.45) is 28.6 Å². The van der Waals surface area contributed by atoms with Gasteiger partial charge in [-0.25, -0.2) is 0 Å². The number of fused-ring (bicyclic) bond motifs is 1. The predicted molar refractivity (Wildman–Crippen MR) is 82.8 cm³/mol. The molecule has 0 spiro atoms. The topological polar surface area (TPSA) is 0 Å². The molecular weight excluding hydrogens is 216 g/mol. The Bertz CT molecular complexity index is 249. The zero-order chi connectivity index (χ0) is 14.0. The molecular formula is C18H36. The summed E-state index contributed by atoms with van der Waals surface area (Å²) >= 11 is 0. The fraction of sp³-hybridized carbons (Fsp3) is 1.00. The lowest BCUT2D eigenvalue weighted by Gasteiger charge is -2.46. The van der Waals surface area contributed by atoms with Crippen molar-refractivity contribution < 1.29 is 0 Å². The van der Waals surface area contributed by atoms with Crippen molar-refractivity contribution in [3.8, 4) is 0 Å². The zero-order valence-corrected chi connectivity index (χ0v) is 14.0. The van der Waals surface area contributed by atoms with Crippen LogP contribution in [-0.2, 0) is 0 Å². The van der Waals surface area contributed by atoms with Crippen LogP contribution in [-0.4, -0.2) is 0 Å². The van der Waals surface area contributed by atoms with Gasteiger partial charge >= 0.3 is 0 Å². The Morgan fingerprint density at radius 1 is 0.833 bits per heavy atom. The van der Waals surface area contributed by atoms with Crippen molar-refractivity contribution in [2.45, 2.75) is 87.0 Å². The van der Waals surface area contributed by atoms with E-state index in [1.165, 1.54) is 38.5 Å². The number of hydrogen-bond donors (Lipinski definition) is 0. The molecule has 2 saturated carbocycles. The van der Waals surface area contributed by atoms with E-state index in [4.69, 9.17) is 0 Å². The third-order valence-electron chi connectivity index (χ3n) is 5.42. The van der Waals surface area contributed by atoms with E-state index in [1.54, 1.807) is 0 Å². The minimum absolute atomic E-state index is 0.594. The van der Waals surface area contributed by atoms with Crippen molar-refractivity contribution >= 4 is 0 Å². The van der Waals surface area contributed by atoms with Crippen LogP contribution in [0, 0.1) is 28.6 Å². The van der Waals surface area contributed by atoms with Gasteiger partial charge in [-0.3, -0.25) is 0 Å². The first-order valence-corrected chi connectivity index (χ1v) is 8.30. The summed E-state index contributed by atoms with van der Waals surface area (Å²) < 4.78 is 0. The van der Waals surface area contributed by atoms with Gasteiger partial charge in [0.05, 0.1) is 0 Å². The molecule has 3 unspecified atom stereocenters. The van der Waals surface area contributed by atoms with Gasteiger partial charge in [-0.05, 0) is 60.7 Å². The van der Waals surface area contributed by atoms with Crippen LogP contribution in [0.25, 0.3) is 0 Å². The SMILES string of the molecule is CC.CC1CCC2CC(C)(C)CCC2C(C)(C)C1. The van der Waals surface area contributed by atoms with Crippen molar-refractivity contribution in [3.05, 3.63) is 0 Å². The average Bonchev–Trinajstić information content (AvgIpc) is 2.36. The van der Waals surface area contributed by atoms with Gasteiger partial charge in [-0.1, -0.05) is 54.9 Å². The second kappa shape index (κ2) is 5.97. The number of hydrogen-bond acceptors (Lipinski definition) is 0. The molecule has 2 rings (SSSR count). The number of rotatable bonds is 0. The summed E-state index contributed by atoms with van der Waals surface area (Å²) in [5.74, 6) is 2.97. The second-order valence-electron chi connectivity index (χ2n) is 8.15. The lowest BCUT2D eigenvalue weighted by atomic mass is 9.59. The fourth-order valence-corrected chi connectivity index (χ4v) is 4.72. The molecule has 3 atom stereocenters. The summed E-state index contributed by atoms with van der Waals surface area (Å²) in [6.07, 6.45) is 8.84. The normalized spacial score (nSPS) is 37.8. The van der Waals surface area contributed by atoms with Gasteiger partial charge in [-0.2, -0.15) is 0 Å². The van der Waals surface area contributed by atoms with E-state index in [0.29, 0.717) is 10.8 Å². The quantitative estimate of drug-likeness (QED) is 0.474. The summed E-state index contributed by atoms with van der Waals surface area (Å²) in [5, 5.41) is 0. The maximum Gasteiger partial charge on any atom is -0.0321 e. The Labute approximate surface area is 116 Å². The van der Waals surface area contributed by atoms with Crippen LogP contribution in [0.5, 0.6) is 0 Å². The highest BCUT2D eigenvalue weighted by Gasteiger charge is 2.43. The molecule has 0 heteroatoms. The zero-order valence-electron chi connectivity index (χ0n) is 14.0. The molecule has 108 valence electrons. The molecule has 0 bridgehead atoms. The van der Waals surface area contributed by atoms with Crippen LogP contribution in [0.2, 0.25) is 0 Å². The summed E-state index contributed by atoms with van der Waals surface area (Å²) in [6, 6.07) is 0. The van der Waals surface area contributed by atoms with E-state index in [9.17, 15) is 0 Å². The van der Waals surface area contributed by atoms with Crippen molar-refractivity contribution in [3.63, 3.8) is 0 Å². The molecule has 0 nitrogen and oxygen atoms in total. The highest BCUT2D eigenvalue weighted by molar-refractivity contribution is 4.94. The van der Waals surface area contributed by atoms with Crippen LogP contribution in [0.15, 0.2) is 0 Å². The summed E-state index contributed by atoms with van der Waals surface area (Å²) in [5.41, 5.74) is 1.21. The minimum atomic E-state index is 0.594. The molecule has 0 saturated heterocycles. The maximum atomic E-state index is 2.53. The Balaban J connectivity index is 0.000000771. The van der Waals surface area contributed by atoms with Gasteiger partial charge in [0.1, 0.15) is 0 Å². The molecule has 2 aliphatic carbocycles. The Morgan fingerprint density at radius 2 is 1.44 bits per heavy atom. The Hall–Kier alpha value is 0. The first-order valence-electron chi connectivity index (χ1n) is 8.30. The molecule has 2 aliphatic rings. The summed E-state index contributed by atoms with van der Waals surface area (Å²) in [4.78, 5) is 0.